The Kier molecular flexibility index (Phi) is 2.03. The van der Waals surface area contributed by atoms with Gasteiger partial charge in [0.05, 0.1) is 0 Å². The van der Waals surface area contributed by atoms with E-state index in [0.29, 0.717) is 12.1 Å². The molecule has 1 aromatic rings. The quantitative estimate of drug-likeness (QED) is 0.598. The second-order valence-corrected chi connectivity index (χ2v) is 2.01. The second-order valence-electron chi connectivity index (χ2n) is 2.01. The fourth-order valence-corrected chi connectivity index (χ4v) is 0.684. The molecule has 1 aromatic carbocycles. The van der Waals surface area contributed by atoms with E-state index in [1.54, 1.807) is 0 Å². The molecule has 0 aliphatic rings. The summed E-state index contributed by atoms with van der Waals surface area (Å²) in [6.07, 6.45) is 0. The standard InChI is InChI=1S/C7H2F3O2/c8-4-2-1-3(7(11)12)5(9)6(4)10/h1-2H. The SMILES string of the molecule is [O]C(=O)c1ccc(F)c(F)c1F. The monoisotopic (exact) mass is 175 g/mol. The van der Waals surface area contributed by atoms with Crippen molar-refractivity contribution in [1.29, 1.82) is 0 Å². The molecule has 0 unspecified atom stereocenters. The number of carbonyl (C=O) groups is 1. The Labute approximate surface area is 65.2 Å². The van der Waals surface area contributed by atoms with E-state index in [0.717, 1.165) is 0 Å². The molecule has 0 saturated heterocycles. The van der Waals surface area contributed by atoms with Crippen LogP contribution in [0.4, 0.5) is 13.2 Å². The minimum absolute atomic E-state index is 0.517. The molecule has 63 valence electrons. The van der Waals surface area contributed by atoms with Crippen LogP contribution in [-0.2, 0) is 5.11 Å². The second kappa shape index (κ2) is 2.84. The van der Waals surface area contributed by atoms with Crippen molar-refractivity contribution in [2.75, 3.05) is 0 Å². The topological polar surface area (TPSA) is 37.0 Å². The molecule has 0 heterocycles. The van der Waals surface area contributed by atoms with Gasteiger partial charge < -0.3 is 0 Å². The van der Waals surface area contributed by atoms with Crippen LogP contribution < -0.4 is 0 Å². The van der Waals surface area contributed by atoms with Gasteiger partial charge in [0.25, 0.3) is 0 Å². The number of hydrogen-bond acceptors (Lipinski definition) is 1. The van der Waals surface area contributed by atoms with Gasteiger partial charge in [-0.25, -0.2) is 23.1 Å². The van der Waals surface area contributed by atoms with E-state index in [1.165, 1.54) is 0 Å². The molecular formula is C7H2F3O2. The lowest BCUT2D eigenvalue weighted by Gasteiger charge is -1.96. The molecule has 1 rings (SSSR count). The van der Waals surface area contributed by atoms with Crippen LogP contribution >= 0.6 is 0 Å². The van der Waals surface area contributed by atoms with Crippen molar-refractivity contribution >= 4 is 5.97 Å². The predicted molar refractivity (Wildman–Crippen MR) is 31.3 cm³/mol. The van der Waals surface area contributed by atoms with Crippen LogP contribution in [0, 0.1) is 17.5 Å². The normalized spacial score (nSPS) is 9.92. The molecule has 0 aromatic heterocycles. The summed E-state index contributed by atoms with van der Waals surface area (Å²) in [6, 6.07) is 1.12. The van der Waals surface area contributed by atoms with Crippen LogP contribution in [0.15, 0.2) is 12.1 Å². The lowest BCUT2D eigenvalue weighted by atomic mass is 10.2. The van der Waals surface area contributed by atoms with Crippen molar-refractivity contribution in [3.63, 3.8) is 0 Å². The molecule has 0 fully saturated rings. The van der Waals surface area contributed by atoms with Crippen LogP contribution in [0.5, 0.6) is 0 Å². The first-order valence-electron chi connectivity index (χ1n) is 2.89. The highest BCUT2D eigenvalue weighted by atomic mass is 19.2. The van der Waals surface area contributed by atoms with Gasteiger partial charge in [-0.05, 0) is 12.1 Å². The largest absolute Gasteiger partial charge is 0.389 e. The summed E-state index contributed by atoms with van der Waals surface area (Å²) < 4.78 is 37.0. The highest BCUT2D eigenvalue weighted by Crippen LogP contribution is 2.14. The van der Waals surface area contributed by atoms with Crippen molar-refractivity contribution < 1.29 is 23.1 Å². The molecule has 0 saturated carbocycles. The Balaban J connectivity index is 3.36. The van der Waals surface area contributed by atoms with Gasteiger partial charge in [0.2, 0.25) is 0 Å². The molecule has 1 radical (unpaired) electrons. The van der Waals surface area contributed by atoms with E-state index in [2.05, 4.69) is 0 Å². The van der Waals surface area contributed by atoms with Gasteiger partial charge in [0.1, 0.15) is 5.56 Å². The molecule has 0 bridgehead atoms. The van der Waals surface area contributed by atoms with Gasteiger partial charge in [0, 0.05) is 0 Å². The van der Waals surface area contributed by atoms with Crippen LogP contribution in [0.1, 0.15) is 10.4 Å². The molecule has 2 nitrogen and oxygen atoms in total. The number of rotatable bonds is 1. The van der Waals surface area contributed by atoms with Crippen molar-refractivity contribution in [2.24, 2.45) is 0 Å². The van der Waals surface area contributed by atoms with Gasteiger partial charge in [-0.3, -0.25) is 0 Å². The van der Waals surface area contributed by atoms with Gasteiger partial charge in [-0.1, -0.05) is 0 Å². The Morgan fingerprint density at radius 3 is 2.17 bits per heavy atom. The van der Waals surface area contributed by atoms with Gasteiger partial charge in [-0.2, -0.15) is 0 Å². The Hall–Kier alpha value is -1.52. The highest BCUT2D eigenvalue weighted by molar-refractivity contribution is 5.87. The maximum absolute atomic E-state index is 12.5. The number of carbonyl (C=O) groups excluding carboxylic acids is 1. The molecule has 0 spiro atoms. The van der Waals surface area contributed by atoms with Crippen molar-refractivity contribution in [3.05, 3.63) is 35.1 Å². The lowest BCUT2D eigenvalue weighted by Crippen LogP contribution is -2.02. The van der Waals surface area contributed by atoms with E-state index < -0.39 is 29.0 Å². The molecule has 5 heteroatoms. The lowest BCUT2D eigenvalue weighted by molar-refractivity contribution is 0.0566. The van der Waals surface area contributed by atoms with E-state index in [-0.39, 0.29) is 0 Å². The minimum Gasteiger partial charge on any atom is -0.241 e. The summed E-state index contributed by atoms with van der Waals surface area (Å²) in [7, 11) is 0. The first-order chi connectivity index (χ1) is 5.54. The summed E-state index contributed by atoms with van der Waals surface area (Å²) in [4.78, 5) is 10.0. The van der Waals surface area contributed by atoms with Gasteiger partial charge in [0.15, 0.2) is 17.5 Å². The van der Waals surface area contributed by atoms with Crippen molar-refractivity contribution in [2.45, 2.75) is 0 Å². The third-order valence-corrected chi connectivity index (χ3v) is 1.26. The first-order valence-corrected chi connectivity index (χ1v) is 2.89. The average molecular weight is 175 g/mol. The van der Waals surface area contributed by atoms with Gasteiger partial charge in [-0.15, -0.1) is 0 Å². The Bertz CT molecular complexity index is 336. The summed E-state index contributed by atoms with van der Waals surface area (Å²) >= 11 is 0. The van der Waals surface area contributed by atoms with Crippen molar-refractivity contribution in [3.8, 4) is 0 Å². The fraction of sp³-hybridized carbons (Fsp3) is 0. The van der Waals surface area contributed by atoms with Crippen LogP contribution in [-0.4, -0.2) is 5.97 Å². The van der Waals surface area contributed by atoms with Crippen LogP contribution in [0.3, 0.4) is 0 Å². The summed E-state index contributed by atoms with van der Waals surface area (Å²) in [5, 5.41) is 10.0. The van der Waals surface area contributed by atoms with E-state index in [9.17, 15) is 23.1 Å². The minimum atomic E-state index is -1.88. The smallest absolute Gasteiger partial charge is 0.241 e. The molecule has 0 amide bonds. The van der Waals surface area contributed by atoms with Crippen LogP contribution in [0.25, 0.3) is 0 Å². The molecule has 0 aliphatic carbocycles. The van der Waals surface area contributed by atoms with E-state index in [4.69, 9.17) is 0 Å². The Morgan fingerprint density at radius 1 is 1.08 bits per heavy atom. The predicted octanol–water partition coefficient (Wildman–Crippen LogP) is 1.67. The third-order valence-electron chi connectivity index (χ3n) is 1.26. The zero-order valence-corrected chi connectivity index (χ0v) is 5.61. The highest BCUT2D eigenvalue weighted by Gasteiger charge is 2.18. The summed E-state index contributed by atoms with van der Waals surface area (Å²) in [5.41, 5.74) is -0.992. The molecular weight excluding hydrogens is 173 g/mol. The van der Waals surface area contributed by atoms with Crippen molar-refractivity contribution in [1.82, 2.24) is 0 Å². The third kappa shape index (κ3) is 1.25. The first kappa shape index (κ1) is 8.58. The molecule has 12 heavy (non-hydrogen) atoms. The summed E-state index contributed by atoms with van der Waals surface area (Å²) in [5.74, 6) is -6.87. The van der Waals surface area contributed by atoms with Crippen LogP contribution in [0.2, 0.25) is 0 Å². The number of halogens is 3. The molecule has 0 N–H and O–H groups in total. The molecule has 0 atom stereocenters. The summed E-state index contributed by atoms with van der Waals surface area (Å²) in [6.45, 7) is 0. The maximum Gasteiger partial charge on any atom is 0.389 e. The maximum atomic E-state index is 12.5. The zero-order valence-electron chi connectivity index (χ0n) is 5.61. The van der Waals surface area contributed by atoms with Gasteiger partial charge >= 0.3 is 5.97 Å². The fourth-order valence-electron chi connectivity index (χ4n) is 0.684. The van der Waals surface area contributed by atoms with E-state index in [1.807, 2.05) is 0 Å². The number of benzene rings is 1. The Morgan fingerprint density at radius 2 is 1.67 bits per heavy atom. The zero-order chi connectivity index (χ0) is 9.30. The molecule has 0 aliphatic heterocycles. The van der Waals surface area contributed by atoms with E-state index >= 15 is 0 Å². The number of hydrogen-bond donors (Lipinski definition) is 0. The average Bonchev–Trinajstić information content (AvgIpc) is 2.00.